The van der Waals surface area contributed by atoms with Gasteiger partial charge in [0.25, 0.3) is 0 Å². The second-order valence-electron chi connectivity index (χ2n) is 6.70. The Bertz CT molecular complexity index is 1130. The number of anilines is 1. The van der Waals surface area contributed by atoms with Gasteiger partial charge >= 0.3 is 0 Å². The summed E-state index contributed by atoms with van der Waals surface area (Å²) in [5.74, 6) is -10.1. The molecule has 0 aromatic heterocycles. The Morgan fingerprint density at radius 3 is 1.97 bits per heavy atom. The molecule has 0 fully saturated rings. The molecule has 0 saturated carbocycles. The Labute approximate surface area is 174 Å². The van der Waals surface area contributed by atoms with Gasteiger partial charge in [0.2, 0.25) is 11.7 Å². The first-order valence-electron chi connectivity index (χ1n) is 9.27. The lowest BCUT2D eigenvalue weighted by molar-refractivity contribution is 0.321. The van der Waals surface area contributed by atoms with Gasteiger partial charge in [0.1, 0.15) is 18.3 Å². The van der Waals surface area contributed by atoms with Crippen LogP contribution in [0.3, 0.4) is 0 Å². The first-order chi connectivity index (χ1) is 15.0. The molecule has 1 aliphatic rings. The number of hydrogen-bond acceptors (Lipinski definition) is 3. The highest BCUT2D eigenvalue weighted by atomic mass is 19.2. The SMILES string of the molecule is Fc1c(F)c(F)c(NC(=CC2=NC(c3ccccc3)CO2)c2ccccc2)c(F)c1F. The zero-order chi connectivity index (χ0) is 22.0. The van der Waals surface area contributed by atoms with Crippen molar-refractivity contribution < 1.29 is 26.7 Å². The standard InChI is InChI=1S/C23H15F5N2O/c24-18-19(25)21(27)23(22(28)20(18)26)30-15(13-7-3-1-4-8-13)11-17-29-16(12-31-17)14-9-5-2-6-10-14/h1-11,16,30H,12H2. The summed E-state index contributed by atoms with van der Waals surface area (Å²) in [7, 11) is 0. The predicted molar refractivity (Wildman–Crippen MR) is 107 cm³/mol. The normalized spacial score (nSPS) is 16.1. The first kappa shape index (κ1) is 20.6. The maximum atomic E-state index is 14.2. The highest BCUT2D eigenvalue weighted by Gasteiger charge is 2.27. The molecule has 3 nitrogen and oxygen atoms in total. The molecule has 1 atom stereocenters. The van der Waals surface area contributed by atoms with Crippen molar-refractivity contribution in [2.75, 3.05) is 11.9 Å². The highest BCUT2D eigenvalue weighted by Crippen LogP contribution is 2.31. The van der Waals surface area contributed by atoms with E-state index in [1.807, 2.05) is 30.3 Å². The Morgan fingerprint density at radius 2 is 1.35 bits per heavy atom. The lowest BCUT2D eigenvalue weighted by Gasteiger charge is -2.14. The van der Waals surface area contributed by atoms with E-state index >= 15 is 0 Å². The Hall–Kier alpha value is -3.68. The second kappa shape index (κ2) is 8.59. The van der Waals surface area contributed by atoms with Crippen LogP contribution in [0.5, 0.6) is 0 Å². The molecular formula is C23H15F5N2O. The number of aliphatic imine (C=N–C) groups is 1. The molecule has 0 bridgehead atoms. The third kappa shape index (κ3) is 4.14. The van der Waals surface area contributed by atoms with Crippen LogP contribution in [0.25, 0.3) is 5.70 Å². The molecule has 3 aromatic rings. The lowest BCUT2D eigenvalue weighted by Crippen LogP contribution is -2.10. The Balaban J connectivity index is 1.74. The number of nitrogens with one attached hydrogen (secondary N) is 1. The summed E-state index contributed by atoms with van der Waals surface area (Å²) >= 11 is 0. The molecule has 1 N–H and O–H groups in total. The van der Waals surface area contributed by atoms with Crippen LogP contribution in [0.15, 0.2) is 71.7 Å². The van der Waals surface area contributed by atoms with E-state index < -0.39 is 34.8 Å². The van der Waals surface area contributed by atoms with Crippen LogP contribution in [0, 0.1) is 29.1 Å². The minimum Gasteiger partial charge on any atom is -0.475 e. The molecule has 0 aliphatic carbocycles. The molecule has 1 aliphatic heterocycles. The van der Waals surface area contributed by atoms with Crippen LogP contribution < -0.4 is 5.32 Å². The van der Waals surface area contributed by atoms with Crippen molar-refractivity contribution in [3.8, 4) is 0 Å². The number of nitrogens with zero attached hydrogens (tertiary/aromatic N) is 1. The molecule has 1 unspecified atom stereocenters. The number of hydrogen-bond donors (Lipinski definition) is 1. The van der Waals surface area contributed by atoms with E-state index in [1.54, 1.807) is 30.3 Å². The minimum absolute atomic E-state index is 0.0521. The molecule has 0 amide bonds. The fraction of sp³-hybridized carbons (Fsp3) is 0.0870. The van der Waals surface area contributed by atoms with Crippen molar-refractivity contribution >= 4 is 17.3 Å². The number of benzene rings is 3. The molecular weight excluding hydrogens is 415 g/mol. The van der Waals surface area contributed by atoms with Gasteiger partial charge in [-0.2, -0.15) is 0 Å². The average molecular weight is 430 g/mol. The van der Waals surface area contributed by atoms with Crippen molar-refractivity contribution in [3.05, 3.63) is 107 Å². The van der Waals surface area contributed by atoms with E-state index in [-0.39, 0.29) is 24.2 Å². The van der Waals surface area contributed by atoms with Crippen molar-refractivity contribution in [2.45, 2.75) is 6.04 Å². The fourth-order valence-corrected chi connectivity index (χ4v) is 3.10. The smallest absolute Gasteiger partial charge is 0.211 e. The van der Waals surface area contributed by atoms with E-state index in [0.29, 0.717) is 5.56 Å². The topological polar surface area (TPSA) is 33.6 Å². The first-order valence-corrected chi connectivity index (χ1v) is 9.27. The molecule has 0 radical (unpaired) electrons. The molecule has 3 aromatic carbocycles. The number of rotatable bonds is 5. The summed E-state index contributed by atoms with van der Waals surface area (Å²) in [6.45, 7) is 0.250. The molecule has 0 spiro atoms. The summed E-state index contributed by atoms with van der Waals surface area (Å²) in [6.07, 6.45) is 1.36. The summed E-state index contributed by atoms with van der Waals surface area (Å²) in [4.78, 5) is 4.44. The van der Waals surface area contributed by atoms with E-state index in [0.717, 1.165) is 5.56 Å². The summed E-state index contributed by atoms with van der Waals surface area (Å²) < 4.78 is 74.6. The van der Waals surface area contributed by atoms with Gasteiger partial charge in [0.15, 0.2) is 23.3 Å². The maximum Gasteiger partial charge on any atom is 0.211 e. The van der Waals surface area contributed by atoms with Crippen molar-refractivity contribution in [1.29, 1.82) is 0 Å². The van der Waals surface area contributed by atoms with Crippen LogP contribution in [0.1, 0.15) is 17.2 Å². The second-order valence-corrected chi connectivity index (χ2v) is 6.70. The monoisotopic (exact) mass is 430 g/mol. The van der Waals surface area contributed by atoms with Gasteiger partial charge in [-0.25, -0.2) is 26.9 Å². The third-order valence-electron chi connectivity index (χ3n) is 4.68. The van der Waals surface area contributed by atoms with Gasteiger partial charge in [0.05, 0.1) is 5.70 Å². The summed E-state index contributed by atoms with van der Waals surface area (Å²) in [6, 6.07) is 17.3. The Morgan fingerprint density at radius 1 is 0.806 bits per heavy atom. The molecule has 4 rings (SSSR count). The zero-order valence-electron chi connectivity index (χ0n) is 15.9. The van der Waals surface area contributed by atoms with Crippen molar-refractivity contribution in [1.82, 2.24) is 0 Å². The molecule has 0 saturated heterocycles. The van der Waals surface area contributed by atoms with Gasteiger partial charge < -0.3 is 10.1 Å². The van der Waals surface area contributed by atoms with Gasteiger partial charge in [-0.3, -0.25) is 0 Å². The maximum absolute atomic E-state index is 14.2. The van der Waals surface area contributed by atoms with Crippen LogP contribution in [-0.2, 0) is 4.74 Å². The molecule has 31 heavy (non-hydrogen) atoms. The minimum atomic E-state index is -2.22. The quantitative estimate of drug-likeness (QED) is 0.306. The van der Waals surface area contributed by atoms with Crippen molar-refractivity contribution in [3.63, 3.8) is 0 Å². The third-order valence-corrected chi connectivity index (χ3v) is 4.68. The van der Waals surface area contributed by atoms with Crippen LogP contribution >= 0.6 is 0 Å². The average Bonchev–Trinajstić information content (AvgIpc) is 3.28. The predicted octanol–water partition coefficient (Wildman–Crippen LogP) is 6.01. The van der Waals surface area contributed by atoms with Crippen LogP contribution in [0.2, 0.25) is 0 Å². The van der Waals surface area contributed by atoms with Crippen LogP contribution in [-0.4, -0.2) is 12.5 Å². The number of halogens is 5. The summed E-state index contributed by atoms with van der Waals surface area (Å²) in [5.41, 5.74) is 0.238. The Kier molecular flexibility index (Phi) is 5.70. The molecule has 158 valence electrons. The van der Waals surface area contributed by atoms with Gasteiger partial charge in [-0.05, 0) is 11.1 Å². The largest absolute Gasteiger partial charge is 0.475 e. The molecule has 8 heteroatoms. The highest BCUT2D eigenvalue weighted by molar-refractivity contribution is 5.98. The van der Waals surface area contributed by atoms with E-state index in [2.05, 4.69) is 10.3 Å². The zero-order valence-corrected chi connectivity index (χ0v) is 15.9. The molecule has 1 heterocycles. The van der Waals surface area contributed by atoms with Gasteiger partial charge in [0, 0.05) is 6.08 Å². The number of ether oxygens (including phenoxy) is 1. The van der Waals surface area contributed by atoms with E-state index in [1.165, 1.54) is 6.08 Å². The van der Waals surface area contributed by atoms with Crippen LogP contribution in [0.4, 0.5) is 27.6 Å². The van der Waals surface area contributed by atoms with Crippen molar-refractivity contribution in [2.24, 2.45) is 4.99 Å². The summed E-state index contributed by atoms with van der Waals surface area (Å²) in [5, 5.41) is 2.33. The van der Waals surface area contributed by atoms with Gasteiger partial charge in [-0.1, -0.05) is 60.7 Å². The van der Waals surface area contributed by atoms with Gasteiger partial charge in [-0.15, -0.1) is 0 Å². The van der Waals surface area contributed by atoms with E-state index in [9.17, 15) is 22.0 Å². The lowest BCUT2D eigenvalue weighted by atomic mass is 10.1. The fourth-order valence-electron chi connectivity index (χ4n) is 3.10. The van der Waals surface area contributed by atoms with E-state index in [4.69, 9.17) is 4.74 Å².